The molecule has 94 valence electrons. The first-order chi connectivity index (χ1) is 8.58. The van der Waals surface area contributed by atoms with Gasteiger partial charge in [-0.05, 0) is 74.2 Å². The molecule has 0 unspecified atom stereocenters. The van der Waals surface area contributed by atoms with Crippen LogP contribution in [0, 0.1) is 6.92 Å². The van der Waals surface area contributed by atoms with Crippen molar-refractivity contribution < 1.29 is 0 Å². The van der Waals surface area contributed by atoms with Crippen molar-refractivity contribution in [1.29, 1.82) is 0 Å². The van der Waals surface area contributed by atoms with Crippen molar-refractivity contribution in [3.63, 3.8) is 0 Å². The molecule has 18 heavy (non-hydrogen) atoms. The lowest BCUT2D eigenvalue weighted by atomic mass is 10.2. The maximum atomic E-state index is 6.09. The number of nitrogens with one attached hydrogen (secondary N) is 1. The van der Waals surface area contributed by atoms with Crippen LogP contribution >= 0.6 is 43.5 Å². The summed E-state index contributed by atoms with van der Waals surface area (Å²) in [6.07, 6.45) is 0. The largest absolute Gasteiger partial charge is 0.381 e. The Bertz CT molecular complexity index is 570. The van der Waals surface area contributed by atoms with Crippen molar-refractivity contribution in [2.24, 2.45) is 0 Å². The van der Waals surface area contributed by atoms with Crippen LogP contribution in [0.3, 0.4) is 0 Å². The van der Waals surface area contributed by atoms with Crippen LogP contribution in [0.1, 0.15) is 11.1 Å². The van der Waals surface area contributed by atoms with Gasteiger partial charge >= 0.3 is 0 Å². The van der Waals surface area contributed by atoms with E-state index in [0.717, 1.165) is 31.8 Å². The fraction of sp³-hybridized carbons (Fsp3) is 0.143. The van der Waals surface area contributed by atoms with Gasteiger partial charge in [-0.1, -0.05) is 23.7 Å². The average Bonchev–Trinajstić information content (AvgIpc) is 2.35. The molecular formula is C14H12Br2ClN. The van der Waals surface area contributed by atoms with Gasteiger partial charge in [-0.25, -0.2) is 0 Å². The topological polar surface area (TPSA) is 12.0 Å². The summed E-state index contributed by atoms with van der Waals surface area (Å²) >= 11 is 13.1. The first kappa shape index (κ1) is 13.9. The fourth-order valence-corrected chi connectivity index (χ4v) is 2.49. The van der Waals surface area contributed by atoms with Gasteiger partial charge in [0.1, 0.15) is 0 Å². The first-order valence-corrected chi connectivity index (χ1v) is 7.47. The van der Waals surface area contributed by atoms with E-state index in [9.17, 15) is 0 Å². The van der Waals surface area contributed by atoms with E-state index in [1.54, 1.807) is 0 Å². The highest BCUT2D eigenvalue weighted by Gasteiger charge is 2.03. The van der Waals surface area contributed by atoms with Gasteiger partial charge in [0.25, 0.3) is 0 Å². The summed E-state index contributed by atoms with van der Waals surface area (Å²) in [5.41, 5.74) is 3.36. The van der Waals surface area contributed by atoms with E-state index in [-0.39, 0.29) is 0 Å². The van der Waals surface area contributed by atoms with Gasteiger partial charge < -0.3 is 5.32 Å². The molecule has 1 nitrogen and oxygen atoms in total. The summed E-state index contributed by atoms with van der Waals surface area (Å²) in [6, 6.07) is 12.1. The van der Waals surface area contributed by atoms with Crippen molar-refractivity contribution >= 4 is 49.1 Å². The fourth-order valence-electron chi connectivity index (χ4n) is 1.65. The molecule has 0 saturated carbocycles. The Morgan fingerprint density at radius 1 is 1.11 bits per heavy atom. The Balaban J connectivity index is 2.11. The maximum Gasteiger partial charge on any atom is 0.0455 e. The third kappa shape index (κ3) is 3.28. The predicted octanol–water partition coefficient (Wildman–Crippen LogP) is 5.79. The molecule has 0 radical (unpaired) electrons. The smallest absolute Gasteiger partial charge is 0.0455 e. The van der Waals surface area contributed by atoms with Crippen LogP contribution in [-0.4, -0.2) is 0 Å². The van der Waals surface area contributed by atoms with E-state index in [4.69, 9.17) is 11.6 Å². The van der Waals surface area contributed by atoms with Gasteiger partial charge in [0.05, 0.1) is 0 Å². The molecule has 0 fully saturated rings. The van der Waals surface area contributed by atoms with E-state index in [0.29, 0.717) is 0 Å². The molecule has 2 aromatic rings. The molecule has 0 bridgehead atoms. The zero-order valence-corrected chi connectivity index (χ0v) is 13.7. The van der Waals surface area contributed by atoms with Gasteiger partial charge in [0, 0.05) is 26.2 Å². The number of anilines is 1. The van der Waals surface area contributed by atoms with Gasteiger partial charge in [0.2, 0.25) is 0 Å². The van der Waals surface area contributed by atoms with Crippen LogP contribution in [-0.2, 0) is 6.54 Å². The van der Waals surface area contributed by atoms with Gasteiger partial charge in [-0.15, -0.1) is 0 Å². The minimum Gasteiger partial charge on any atom is -0.381 e. The van der Waals surface area contributed by atoms with Crippen LogP contribution in [0.15, 0.2) is 45.3 Å². The van der Waals surface area contributed by atoms with Gasteiger partial charge in [-0.2, -0.15) is 0 Å². The summed E-state index contributed by atoms with van der Waals surface area (Å²) < 4.78 is 2.12. The normalized spacial score (nSPS) is 10.4. The number of hydrogen-bond acceptors (Lipinski definition) is 1. The molecule has 0 saturated heterocycles. The Hall–Kier alpha value is -0.510. The third-order valence-electron chi connectivity index (χ3n) is 2.73. The van der Waals surface area contributed by atoms with Crippen LogP contribution in [0.5, 0.6) is 0 Å². The monoisotopic (exact) mass is 387 g/mol. The summed E-state index contributed by atoms with van der Waals surface area (Å²) in [7, 11) is 0. The van der Waals surface area contributed by atoms with Crippen molar-refractivity contribution in [3.8, 4) is 0 Å². The lowest BCUT2D eigenvalue weighted by Crippen LogP contribution is -2.01. The number of rotatable bonds is 3. The van der Waals surface area contributed by atoms with Gasteiger partial charge in [-0.3, -0.25) is 0 Å². The summed E-state index contributed by atoms with van der Waals surface area (Å²) in [5.74, 6) is 0. The second-order valence-electron chi connectivity index (χ2n) is 4.01. The highest BCUT2D eigenvalue weighted by atomic mass is 79.9. The van der Waals surface area contributed by atoms with Crippen molar-refractivity contribution in [3.05, 3.63) is 61.5 Å². The van der Waals surface area contributed by atoms with E-state index in [2.05, 4.69) is 49.3 Å². The quantitative estimate of drug-likeness (QED) is 0.701. The lowest BCUT2D eigenvalue weighted by Gasteiger charge is -2.11. The molecule has 0 amide bonds. The molecule has 0 heterocycles. The molecule has 0 aromatic heterocycles. The third-order valence-corrected chi connectivity index (χ3v) is 5.02. The number of hydrogen-bond donors (Lipinski definition) is 1. The molecule has 0 aliphatic heterocycles. The van der Waals surface area contributed by atoms with Gasteiger partial charge in [0.15, 0.2) is 0 Å². The van der Waals surface area contributed by atoms with Crippen LogP contribution < -0.4 is 5.32 Å². The minimum absolute atomic E-state index is 0.771. The Morgan fingerprint density at radius 3 is 2.61 bits per heavy atom. The van der Waals surface area contributed by atoms with E-state index in [1.807, 2.05) is 31.2 Å². The predicted molar refractivity (Wildman–Crippen MR) is 85.4 cm³/mol. The van der Waals surface area contributed by atoms with E-state index in [1.165, 1.54) is 5.56 Å². The number of halogens is 3. The molecule has 1 N–H and O–H groups in total. The molecule has 0 aliphatic carbocycles. The Labute approximate surface area is 129 Å². The molecule has 0 atom stereocenters. The molecule has 0 spiro atoms. The van der Waals surface area contributed by atoms with E-state index >= 15 is 0 Å². The summed E-state index contributed by atoms with van der Waals surface area (Å²) in [6.45, 7) is 2.79. The summed E-state index contributed by atoms with van der Waals surface area (Å²) in [5, 5.41) is 4.19. The SMILES string of the molecule is Cc1c(Cl)cccc1NCc1ccc(Br)c(Br)c1. The van der Waals surface area contributed by atoms with Crippen molar-refractivity contribution in [2.75, 3.05) is 5.32 Å². The maximum absolute atomic E-state index is 6.09. The second kappa shape index (κ2) is 6.09. The second-order valence-corrected chi connectivity index (χ2v) is 6.13. The van der Waals surface area contributed by atoms with Crippen molar-refractivity contribution in [2.45, 2.75) is 13.5 Å². The highest BCUT2D eigenvalue weighted by molar-refractivity contribution is 9.13. The molecular weight excluding hydrogens is 377 g/mol. The van der Waals surface area contributed by atoms with Crippen molar-refractivity contribution in [1.82, 2.24) is 0 Å². The Kier molecular flexibility index (Phi) is 4.71. The highest BCUT2D eigenvalue weighted by Crippen LogP contribution is 2.26. The zero-order valence-electron chi connectivity index (χ0n) is 9.81. The molecule has 2 aromatic carbocycles. The summed E-state index contributed by atoms with van der Waals surface area (Å²) in [4.78, 5) is 0. The van der Waals surface area contributed by atoms with Crippen LogP contribution in [0.4, 0.5) is 5.69 Å². The van der Waals surface area contributed by atoms with Crippen LogP contribution in [0.2, 0.25) is 5.02 Å². The van der Waals surface area contributed by atoms with E-state index < -0.39 is 0 Å². The molecule has 4 heteroatoms. The van der Waals surface area contributed by atoms with Crippen LogP contribution in [0.25, 0.3) is 0 Å². The lowest BCUT2D eigenvalue weighted by molar-refractivity contribution is 1.13. The molecule has 2 rings (SSSR count). The molecule has 0 aliphatic rings. The average molecular weight is 390 g/mol. The first-order valence-electron chi connectivity index (χ1n) is 5.51. The Morgan fingerprint density at radius 2 is 1.89 bits per heavy atom. The number of benzene rings is 2. The standard InChI is InChI=1S/C14H12Br2ClN/c1-9-13(17)3-2-4-14(9)18-8-10-5-6-11(15)12(16)7-10/h2-7,18H,8H2,1H3. The minimum atomic E-state index is 0.771. The zero-order chi connectivity index (χ0) is 13.1.